The van der Waals surface area contributed by atoms with E-state index < -0.39 is 0 Å². The Labute approximate surface area is 76.6 Å². The van der Waals surface area contributed by atoms with Crippen LogP contribution in [0.2, 0.25) is 0 Å². The van der Waals surface area contributed by atoms with Crippen molar-refractivity contribution in [3.05, 3.63) is 20.7 Å². The van der Waals surface area contributed by atoms with Crippen molar-refractivity contribution in [1.82, 2.24) is 4.98 Å². The normalized spacial score (nSPS) is 11.0. The Kier molecular flexibility index (Phi) is 1.49. The number of nitrogens with one attached hydrogen (secondary N) is 1. The molecule has 1 N–H and O–H groups in total. The van der Waals surface area contributed by atoms with Gasteiger partial charge in [0.05, 0.1) is 13.9 Å². The summed E-state index contributed by atoms with van der Waals surface area (Å²) in [4.78, 5) is 4.65. The maximum absolute atomic E-state index is 3.28. The zero-order chi connectivity index (χ0) is 7.14. The third-order valence-corrected chi connectivity index (χ3v) is 2.97. The van der Waals surface area contributed by atoms with Crippen LogP contribution in [0.25, 0.3) is 10.2 Å². The zero-order valence-corrected chi connectivity index (χ0v) is 8.41. The molecule has 0 spiro atoms. The third-order valence-electron chi connectivity index (χ3n) is 1.40. The van der Waals surface area contributed by atoms with Gasteiger partial charge in [-0.15, -0.1) is 11.3 Å². The van der Waals surface area contributed by atoms with Crippen LogP contribution in [-0.2, 0) is 0 Å². The van der Waals surface area contributed by atoms with Crippen LogP contribution in [0.15, 0.2) is 12.1 Å². The number of aromatic nitrogens is 1. The molecule has 0 atom stereocenters. The van der Waals surface area contributed by atoms with Crippen molar-refractivity contribution in [2.75, 3.05) is 0 Å². The minimum Gasteiger partial charge on any atom is -0.349 e. The van der Waals surface area contributed by atoms with Crippen molar-refractivity contribution in [3.63, 3.8) is 0 Å². The Morgan fingerprint density at radius 3 is 3.00 bits per heavy atom. The first-order valence-electron chi connectivity index (χ1n) is 3.00. The fourth-order valence-electron chi connectivity index (χ4n) is 1.02. The molecular formula is C7H6INS. The molecule has 0 saturated heterocycles. The number of fused-ring (bicyclic) bond motifs is 1. The van der Waals surface area contributed by atoms with Gasteiger partial charge >= 0.3 is 0 Å². The average Bonchev–Trinajstić information content (AvgIpc) is 2.21. The molecule has 0 aliphatic rings. The van der Waals surface area contributed by atoms with Crippen molar-refractivity contribution in [2.24, 2.45) is 0 Å². The molecule has 0 amide bonds. The van der Waals surface area contributed by atoms with Crippen LogP contribution in [0.3, 0.4) is 0 Å². The van der Waals surface area contributed by atoms with E-state index in [9.17, 15) is 0 Å². The number of hydrogen-bond donors (Lipinski definition) is 1. The number of halogens is 1. The number of thiophene rings is 1. The van der Waals surface area contributed by atoms with Crippen LogP contribution < -0.4 is 0 Å². The highest BCUT2D eigenvalue weighted by Gasteiger charge is 2.00. The van der Waals surface area contributed by atoms with Crippen molar-refractivity contribution in [1.29, 1.82) is 0 Å². The van der Waals surface area contributed by atoms with Crippen LogP contribution in [0, 0.1) is 10.6 Å². The summed E-state index contributed by atoms with van der Waals surface area (Å²) in [5.41, 5.74) is 1.27. The molecule has 0 aliphatic carbocycles. The number of rotatable bonds is 0. The quantitative estimate of drug-likeness (QED) is 0.703. The summed E-state index contributed by atoms with van der Waals surface area (Å²) in [5.74, 6) is 0. The van der Waals surface area contributed by atoms with Gasteiger partial charge in [-0.25, -0.2) is 0 Å². The highest BCUT2D eigenvalue weighted by molar-refractivity contribution is 14.1. The highest BCUT2D eigenvalue weighted by atomic mass is 127. The second-order valence-corrected chi connectivity index (χ2v) is 4.70. The van der Waals surface area contributed by atoms with E-state index in [4.69, 9.17) is 0 Å². The van der Waals surface area contributed by atoms with Crippen LogP contribution in [0.1, 0.15) is 4.88 Å². The predicted octanol–water partition coefficient (Wildman–Crippen LogP) is 3.14. The number of aryl methyl sites for hydroxylation is 1. The summed E-state index contributed by atoms with van der Waals surface area (Å²) in [5, 5.41) is 0. The van der Waals surface area contributed by atoms with Gasteiger partial charge in [0.25, 0.3) is 0 Å². The van der Waals surface area contributed by atoms with Gasteiger partial charge in [-0.05, 0) is 41.6 Å². The summed E-state index contributed by atoms with van der Waals surface area (Å²) < 4.78 is 2.58. The van der Waals surface area contributed by atoms with E-state index in [1.165, 1.54) is 18.8 Å². The molecule has 2 rings (SSSR count). The monoisotopic (exact) mass is 263 g/mol. The second-order valence-electron chi connectivity index (χ2n) is 2.25. The van der Waals surface area contributed by atoms with Gasteiger partial charge in [0.1, 0.15) is 0 Å². The molecule has 1 nitrogen and oxygen atoms in total. The van der Waals surface area contributed by atoms with Crippen molar-refractivity contribution in [2.45, 2.75) is 6.92 Å². The van der Waals surface area contributed by atoms with Gasteiger partial charge in [-0.3, -0.25) is 0 Å². The highest BCUT2D eigenvalue weighted by Crippen LogP contribution is 2.25. The Bertz CT molecular complexity index is 297. The van der Waals surface area contributed by atoms with E-state index in [1.54, 1.807) is 0 Å². The van der Waals surface area contributed by atoms with Gasteiger partial charge in [-0.2, -0.15) is 0 Å². The molecule has 3 heteroatoms. The molecule has 0 aromatic carbocycles. The van der Waals surface area contributed by atoms with E-state index in [-0.39, 0.29) is 0 Å². The minimum atomic E-state index is 1.22. The van der Waals surface area contributed by atoms with Crippen LogP contribution in [0.5, 0.6) is 0 Å². The summed E-state index contributed by atoms with van der Waals surface area (Å²) in [6.45, 7) is 2.13. The Hall–Kier alpha value is -0.0300. The third kappa shape index (κ3) is 0.971. The van der Waals surface area contributed by atoms with E-state index >= 15 is 0 Å². The lowest BCUT2D eigenvalue weighted by molar-refractivity contribution is 1.41. The molecule has 0 bridgehead atoms. The Balaban J connectivity index is 2.83. The van der Waals surface area contributed by atoms with Crippen LogP contribution >= 0.6 is 33.9 Å². The van der Waals surface area contributed by atoms with E-state index in [1.807, 2.05) is 11.3 Å². The average molecular weight is 263 g/mol. The van der Waals surface area contributed by atoms with Crippen LogP contribution in [-0.4, -0.2) is 4.98 Å². The molecule has 52 valence electrons. The fourth-order valence-corrected chi connectivity index (χ4v) is 2.75. The minimum absolute atomic E-state index is 1.22. The first-order valence-corrected chi connectivity index (χ1v) is 4.90. The summed E-state index contributed by atoms with van der Waals surface area (Å²) in [6.07, 6.45) is 0. The van der Waals surface area contributed by atoms with Gasteiger partial charge in [0, 0.05) is 4.88 Å². The molecule has 2 aromatic heterocycles. The Morgan fingerprint density at radius 1 is 1.50 bits per heavy atom. The Morgan fingerprint density at radius 2 is 2.30 bits per heavy atom. The van der Waals surface area contributed by atoms with E-state index in [2.05, 4.69) is 46.6 Å². The molecular weight excluding hydrogens is 257 g/mol. The molecule has 0 saturated carbocycles. The summed E-state index contributed by atoms with van der Waals surface area (Å²) >= 11 is 4.13. The number of H-pyrrole nitrogens is 1. The SMILES string of the molecule is Cc1cc2[nH]c(I)cc2s1. The lowest BCUT2D eigenvalue weighted by Gasteiger charge is -1.76. The largest absolute Gasteiger partial charge is 0.349 e. The van der Waals surface area contributed by atoms with Gasteiger partial charge < -0.3 is 4.98 Å². The van der Waals surface area contributed by atoms with Gasteiger partial charge in [0.15, 0.2) is 0 Å². The molecule has 0 aliphatic heterocycles. The molecule has 10 heavy (non-hydrogen) atoms. The molecule has 0 unspecified atom stereocenters. The number of aromatic amines is 1. The summed E-state index contributed by atoms with van der Waals surface area (Å²) in [6, 6.07) is 4.36. The molecule has 2 aromatic rings. The lowest BCUT2D eigenvalue weighted by atomic mass is 10.4. The smallest absolute Gasteiger partial charge is 0.0791 e. The first-order chi connectivity index (χ1) is 4.75. The molecule has 0 fully saturated rings. The van der Waals surface area contributed by atoms with Crippen molar-refractivity contribution >= 4 is 44.1 Å². The topological polar surface area (TPSA) is 15.8 Å². The van der Waals surface area contributed by atoms with E-state index in [0.29, 0.717) is 0 Å². The maximum Gasteiger partial charge on any atom is 0.0791 e. The fraction of sp³-hybridized carbons (Fsp3) is 0.143. The number of hydrogen-bond acceptors (Lipinski definition) is 1. The molecule has 0 radical (unpaired) electrons. The van der Waals surface area contributed by atoms with E-state index in [0.717, 1.165) is 0 Å². The van der Waals surface area contributed by atoms with Crippen molar-refractivity contribution < 1.29 is 0 Å². The standard InChI is InChI=1S/C7H6INS/c1-4-2-5-6(10-4)3-7(8)9-5/h2-3,9H,1H3. The van der Waals surface area contributed by atoms with Crippen molar-refractivity contribution in [3.8, 4) is 0 Å². The predicted molar refractivity (Wildman–Crippen MR) is 53.6 cm³/mol. The maximum atomic E-state index is 3.28. The first kappa shape index (κ1) is 6.67. The van der Waals surface area contributed by atoms with Gasteiger partial charge in [0.2, 0.25) is 0 Å². The zero-order valence-electron chi connectivity index (χ0n) is 5.44. The van der Waals surface area contributed by atoms with Gasteiger partial charge in [-0.1, -0.05) is 0 Å². The molecule has 2 heterocycles. The van der Waals surface area contributed by atoms with Crippen LogP contribution in [0.4, 0.5) is 0 Å². The lowest BCUT2D eigenvalue weighted by Crippen LogP contribution is -1.63. The second kappa shape index (κ2) is 2.23. The summed E-state index contributed by atoms with van der Waals surface area (Å²) in [7, 11) is 0.